The number of ether oxygens (including phenoxy) is 2. The number of methoxy groups -OCH3 is 1. The predicted octanol–water partition coefficient (Wildman–Crippen LogP) is 2.99. The maximum absolute atomic E-state index is 11.8. The van der Waals surface area contributed by atoms with Crippen molar-refractivity contribution in [2.45, 2.75) is 26.7 Å². The van der Waals surface area contributed by atoms with E-state index in [4.69, 9.17) is 9.47 Å². The van der Waals surface area contributed by atoms with E-state index in [1.54, 1.807) is 13.0 Å². The van der Waals surface area contributed by atoms with Crippen molar-refractivity contribution in [3.05, 3.63) is 47.8 Å². The van der Waals surface area contributed by atoms with Gasteiger partial charge < -0.3 is 14.0 Å². The summed E-state index contributed by atoms with van der Waals surface area (Å²) in [5, 5.41) is 0. The molecule has 0 saturated carbocycles. The molecule has 1 unspecified atom stereocenters. The van der Waals surface area contributed by atoms with Crippen LogP contribution in [-0.4, -0.2) is 23.6 Å². The van der Waals surface area contributed by atoms with E-state index in [1.807, 2.05) is 42.1 Å². The zero-order chi connectivity index (χ0) is 16.3. The Bertz CT molecular complexity index is 689. The fourth-order valence-corrected chi connectivity index (χ4v) is 2.36. The van der Waals surface area contributed by atoms with E-state index in [-0.39, 0.29) is 5.97 Å². The van der Waals surface area contributed by atoms with Gasteiger partial charge in [-0.25, -0.2) is 0 Å². The van der Waals surface area contributed by atoms with Gasteiger partial charge >= 0.3 is 11.9 Å². The Hall–Kier alpha value is -2.56. The largest absolute Gasteiger partial charge is 0.469 e. The van der Waals surface area contributed by atoms with Gasteiger partial charge in [-0.1, -0.05) is 0 Å². The van der Waals surface area contributed by atoms with Crippen molar-refractivity contribution in [2.24, 2.45) is 0 Å². The van der Waals surface area contributed by atoms with Crippen LogP contribution in [0.25, 0.3) is 5.69 Å². The number of hydrogen-bond donors (Lipinski definition) is 0. The van der Waals surface area contributed by atoms with Crippen LogP contribution in [0.15, 0.2) is 36.7 Å². The maximum atomic E-state index is 11.8. The lowest BCUT2D eigenvalue weighted by atomic mass is 9.97. The summed E-state index contributed by atoms with van der Waals surface area (Å²) in [5.41, 5.74) is 2.50. The first-order valence-corrected chi connectivity index (χ1v) is 6.98. The van der Waals surface area contributed by atoms with Crippen LogP contribution >= 0.6 is 0 Å². The van der Waals surface area contributed by atoms with E-state index in [0.29, 0.717) is 11.3 Å². The molecule has 116 valence electrons. The second-order valence-corrected chi connectivity index (χ2v) is 5.11. The van der Waals surface area contributed by atoms with Crippen LogP contribution in [-0.2, 0) is 14.3 Å². The zero-order valence-electron chi connectivity index (χ0n) is 13.1. The number of carbonyl (C=O) groups excluding carboxylic acids is 2. The van der Waals surface area contributed by atoms with Gasteiger partial charge in [0.2, 0.25) is 0 Å². The molecule has 2 rings (SSSR count). The number of benzene rings is 1. The van der Waals surface area contributed by atoms with Gasteiger partial charge in [-0.05, 0) is 37.6 Å². The van der Waals surface area contributed by atoms with Crippen LogP contribution in [0.5, 0.6) is 5.75 Å². The molecule has 1 atom stereocenters. The smallest absolute Gasteiger partial charge is 0.312 e. The van der Waals surface area contributed by atoms with Crippen LogP contribution in [0.4, 0.5) is 0 Å². The van der Waals surface area contributed by atoms with Crippen molar-refractivity contribution in [3.63, 3.8) is 0 Å². The van der Waals surface area contributed by atoms with Gasteiger partial charge in [-0.3, -0.25) is 9.59 Å². The molecule has 5 nitrogen and oxygen atoms in total. The van der Waals surface area contributed by atoms with E-state index in [2.05, 4.69) is 0 Å². The first kappa shape index (κ1) is 15.8. The number of esters is 2. The fourth-order valence-electron chi connectivity index (χ4n) is 2.36. The number of rotatable bonds is 4. The van der Waals surface area contributed by atoms with Crippen molar-refractivity contribution in [1.29, 1.82) is 0 Å². The van der Waals surface area contributed by atoms with Crippen molar-refractivity contribution in [1.82, 2.24) is 4.57 Å². The molecule has 2 aromatic rings. The second-order valence-electron chi connectivity index (χ2n) is 5.11. The number of nitrogens with zero attached hydrogens (tertiary/aromatic N) is 1. The Labute approximate surface area is 129 Å². The first-order chi connectivity index (χ1) is 10.4. The van der Waals surface area contributed by atoms with E-state index in [1.165, 1.54) is 14.0 Å². The molecule has 5 heteroatoms. The SMILES string of the molecule is COC(=O)C(C)c1cc(C)c(-n2cccc2)cc1OC(C)=O. The summed E-state index contributed by atoms with van der Waals surface area (Å²) in [6.45, 7) is 5.01. The van der Waals surface area contributed by atoms with Crippen LogP contribution < -0.4 is 4.74 Å². The molecule has 22 heavy (non-hydrogen) atoms. The third-order valence-electron chi connectivity index (χ3n) is 3.49. The quantitative estimate of drug-likeness (QED) is 0.643. The van der Waals surface area contributed by atoms with E-state index in [0.717, 1.165) is 11.3 Å². The normalized spacial score (nSPS) is 11.8. The Morgan fingerprint density at radius 2 is 1.82 bits per heavy atom. The molecule has 0 aliphatic carbocycles. The molecule has 0 radical (unpaired) electrons. The topological polar surface area (TPSA) is 57.5 Å². The van der Waals surface area contributed by atoms with E-state index in [9.17, 15) is 9.59 Å². The molecule has 0 aliphatic heterocycles. The molecular weight excluding hydrogens is 282 g/mol. The Kier molecular flexibility index (Phi) is 4.65. The van der Waals surface area contributed by atoms with Crippen molar-refractivity contribution in [2.75, 3.05) is 7.11 Å². The molecule has 0 amide bonds. The van der Waals surface area contributed by atoms with Gasteiger partial charge in [0.05, 0.1) is 18.7 Å². The highest BCUT2D eigenvalue weighted by molar-refractivity contribution is 5.80. The van der Waals surface area contributed by atoms with Gasteiger partial charge in [0.25, 0.3) is 0 Å². The highest BCUT2D eigenvalue weighted by atomic mass is 16.5. The van der Waals surface area contributed by atoms with Crippen LogP contribution in [0, 0.1) is 6.92 Å². The summed E-state index contributed by atoms with van der Waals surface area (Å²) in [4.78, 5) is 23.2. The van der Waals surface area contributed by atoms with Gasteiger partial charge in [0.15, 0.2) is 0 Å². The van der Waals surface area contributed by atoms with Crippen molar-refractivity contribution < 1.29 is 19.1 Å². The van der Waals surface area contributed by atoms with Crippen LogP contribution in [0.1, 0.15) is 30.9 Å². The number of hydrogen-bond acceptors (Lipinski definition) is 4. The van der Waals surface area contributed by atoms with Gasteiger partial charge in [-0.2, -0.15) is 0 Å². The number of aryl methyl sites for hydroxylation is 1. The Morgan fingerprint density at radius 1 is 1.18 bits per heavy atom. The summed E-state index contributed by atoms with van der Waals surface area (Å²) in [5.74, 6) is -0.946. The average molecular weight is 301 g/mol. The Balaban J connectivity index is 2.56. The lowest BCUT2D eigenvalue weighted by Crippen LogP contribution is -2.14. The highest BCUT2D eigenvalue weighted by Gasteiger charge is 2.22. The van der Waals surface area contributed by atoms with E-state index >= 15 is 0 Å². The van der Waals surface area contributed by atoms with Crippen molar-refractivity contribution in [3.8, 4) is 11.4 Å². The number of aromatic nitrogens is 1. The number of carbonyl (C=O) groups is 2. The zero-order valence-corrected chi connectivity index (χ0v) is 13.1. The molecule has 0 saturated heterocycles. The minimum absolute atomic E-state index is 0.374. The molecular formula is C17H19NO4. The molecule has 0 aliphatic rings. The molecule has 0 N–H and O–H groups in total. The summed E-state index contributed by atoms with van der Waals surface area (Å²) >= 11 is 0. The molecule has 0 spiro atoms. The highest BCUT2D eigenvalue weighted by Crippen LogP contribution is 2.32. The lowest BCUT2D eigenvalue weighted by Gasteiger charge is -2.18. The minimum atomic E-state index is -0.517. The van der Waals surface area contributed by atoms with Gasteiger partial charge in [-0.15, -0.1) is 0 Å². The molecule has 1 aromatic heterocycles. The van der Waals surface area contributed by atoms with Crippen LogP contribution in [0.3, 0.4) is 0 Å². The minimum Gasteiger partial charge on any atom is -0.469 e. The fraction of sp³-hybridized carbons (Fsp3) is 0.294. The van der Waals surface area contributed by atoms with E-state index < -0.39 is 11.9 Å². The first-order valence-electron chi connectivity index (χ1n) is 6.98. The predicted molar refractivity (Wildman–Crippen MR) is 82.2 cm³/mol. The third-order valence-corrected chi connectivity index (χ3v) is 3.49. The summed E-state index contributed by atoms with van der Waals surface area (Å²) in [6.07, 6.45) is 3.81. The maximum Gasteiger partial charge on any atom is 0.312 e. The lowest BCUT2D eigenvalue weighted by molar-refractivity contribution is -0.142. The standard InChI is InChI=1S/C17H19NO4/c1-11-9-14(12(2)17(20)21-4)16(22-13(3)19)10-15(11)18-7-5-6-8-18/h5-10,12H,1-4H3. The Morgan fingerprint density at radius 3 is 2.36 bits per heavy atom. The summed E-state index contributed by atoms with van der Waals surface area (Å²) in [6, 6.07) is 7.45. The summed E-state index contributed by atoms with van der Waals surface area (Å²) in [7, 11) is 1.34. The van der Waals surface area contributed by atoms with Gasteiger partial charge in [0, 0.05) is 30.9 Å². The monoisotopic (exact) mass is 301 g/mol. The molecule has 1 heterocycles. The second kappa shape index (κ2) is 6.47. The third kappa shape index (κ3) is 3.19. The molecule has 1 aromatic carbocycles. The van der Waals surface area contributed by atoms with Crippen molar-refractivity contribution >= 4 is 11.9 Å². The molecule has 0 fully saturated rings. The molecule has 0 bridgehead atoms. The van der Waals surface area contributed by atoms with Crippen LogP contribution in [0.2, 0.25) is 0 Å². The summed E-state index contributed by atoms with van der Waals surface area (Å²) < 4.78 is 12.0. The van der Waals surface area contributed by atoms with Gasteiger partial charge in [0.1, 0.15) is 5.75 Å². The average Bonchev–Trinajstić information content (AvgIpc) is 3.00.